The van der Waals surface area contributed by atoms with Crippen LogP contribution in [0.3, 0.4) is 0 Å². The molecule has 16 heavy (non-hydrogen) atoms. The largest absolute Gasteiger partial charge is 0.377 e. The molecular weight excluding hydrogens is 198 g/mol. The maximum absolute atomic E-state index is 5.86. The Morgan fingerprint density at radius 1 is 1.38 bits per heavy atom. The maximum Gasteiger partial charge on any atom is 0.0831 e. The molecule has 1 atom stereocenters. The van der Waals surface area contributed by atoms with Crippen molar-refractivity contribution < 1.29 is 4.74 Å². The van der Waals surface area contributed by atoms with E-state index in [-0.39, 0.29) is 5.60 Å². The van der Waals surface area contributed by atoms with Crippen molar-refractivity contribution in [1.82, 2.24) is 5.32 Å². The molecule has 0 aromatic carbocycles. The lowest BCUT2D eigenvalue weighted by molar-refractivity contribution is -0.0686. The average Bonchev–Trinajstić information content (AvgIpc) is 2.35. The monoisotopic (exact) mass is 223 g/mol. The van der Waals surface area contributed by atoms with E-state index in [2.05, 4.69) is 18.2 Å². The number of methoxy groups -OCH3 is 1. The van der Waals surface area contributed by atoms with Gasteiger partial charge in [-0.05, 0) is 25.8 Å². The van der Waals surface area contributed by atoms with E-state index in [9.17, 15) is 0 Å². The predicted octanol–water partition coefficient (Wildman–Crippen LogP) is 2.73. The van der Waals surface area contributed by atoms with Crippen molar-refractivity contribution in [2.45, 2.75) is 63.5 Å². The summed E-state index contributed by atoms with van der Waals surface area (Å²) in [6.45, 7) is 3.13. The van der Waals surface area contributed by atoms with Gasteiger partial charge in [0.05, 0.1) is 5.60 Å². The summed E-state index contributed by atoms with van der Waals surface area (Å²) in [4.78, 5) is 0. The lowest BCUT2D eigenvalue weighted by Gasteiger charge is -2.43. The highest BCUT2D eigenvalue weighted by Gasteiger charge is 2.38. The molecule has 0 heterocycles. The van der Waals surface area contributed by atoms with Gasteiger partial charge in [0.25, 0.3) is 0 Å². The second kappa shape index (κ2) is 6.93. The summed E-state index contributed by atoms with van der Waals surface area (Å²) < 4.78 is 5.86. The van der Waals surface area contributed by atoms with E-state index in [0.717, 1.165) is 19.4 Å². The number of rotatable bonds is 6. The highest BCUT2D eigenvalue weighted by molar-refractivity contribution is 4.97. The normalized spacial score (nSPS) is 21.3. The molecular formula is C14H25NO. The van der Waals surface area contributed by atoms with Crippen LogP contribution in [0.5, 0.6) is 0 Å². The van der Waals surface area contributed by atoms with Crippen molar-refractivity contribution in [2.75, 3.05) is 13.7 Å². The van der Waals surface area contributed by atoms with Crippen molar-refractivity contribution in [2.24, 2.45) is 0 Å². The first kappa shape index (κ1) is 13.5. The van der Waals surface area contributed by atoms with E-state index >= 15 is 0 Å². The number of hydrogen-bond acceptors (Lipinski definition) is 2. The highest BCUT2D eigenvalue weighted by Crippen LogP contribution is 2.35. The Balaban J connectivity index is 2.66. The van der Waals surface area contributed by atoms with E-state index in [0.29, 0.717) is 6.04 Å². The van der Waals surface area contributed by atoms with Gasteiger partial charge in [0, 0.05) is 19.6 Å². The quantitative estimate of drug-likeness (QED) is 0.699. The predicted molar refractivity (Wildman–Crippen MR) is 68.4 cm³/mol. The Labute approximate surface area is 100 Å². The molecule has 1 saturated carbocycles. The molecule has 0 bridgehead atoms. The molecule has 1 aliphatic rings. The Bertz CT molecular complexity index is 225. The summed E-state index contributed by atoms with van der Waals surface area (Å²) in [5.41, 5.74) is 0.0328. The minimum atomic E-state index is 0.0328. The van der Waals surface area contributed by atoms with Crippen LogP contribution in [0.15, 0.2) is 0 Å². The number of likely N-dealkylation sites (N-methyl/N-ethyl adjacent to an activating group) is 1. The number of ether oxygens (including phenoxy) is 1. The molecule has 1 aliphatic carbocycles. The Hall–Kier alpha value is -0.520. The van der Waals surface area contributed by atoms with Crippen LogP contribution in [0.1, 0.15) is 51.9 Å². The molecule has 1 unspecified atom stereocenters. The molecule has 0 saturated heterocycles. The smallest absolute Gasteiger partial charge is 0.0831 e. The zero-order valence-electron chi connectivity index (χ0n) is 10.7. The molecule has 0 spiro atoms. The van der Waals surface area contributed by atoms with Crippen LogP contribution in [-0.2, 0) is 4.74 Å². The molecule has 92 valence electrons. The molecule has 0 aromatic rings. The van der Waals surface area contributed by atoms with Gasteiger partial charge in [0.15, 0.2) is 0 Å². The summed E-state index contributed by atoms with van der Waals surface area (Å²) in [5.74, 6) is 2.74. The van der Waals surface area contributed by atoms with E-state index in [1.165, 1.54) is 32.1 Å². The second-order valence-corrected chi connectivity index (χ2v) is 4.68. The van der Waals surface area contributed by atoms with Crippen LogP contribution in [-0.4, -0.2) is 25.3 Å². The van der Waals surface area contributed by atoms with E-state index in [1.54, 1.807) is 0 Å². The third-order valence-corrected chi connectivity index (χ3v) is 3.77. The fourth-order valence-corrected chi connectivity index (χ4v) is 2.87. The van der Waals surface area contributed by atoms with Gasteiger partial charge in [0.2, 0.25) is 0 Å². The third kappa shape index (κ3) is 3.23. The summed E-state index contributed by atoms with van der Waals surface area (Å²) in [7, 11) is 1.85. The number of hydrogen-bond donors (Lipinski definition) is 1. The summed E-state index contributed by atoms with van der Waals surface area (Å²) in [6, 6.07) is 0.416. The van der Waals surface area contributed by atoms with Gasteiger partial charge in [0.1, 0.15) is 0 Å². The van der Waals surface area contributed by atoms with E-state index in [4.69, 9.17) is 11.2 Å². The summed E-state index contributed by atoms with van der Waals surface area (Å²) >= 11 is 0. The van der Waals surface area contributed by atoms with Crippen LogP contribution >= 0.6 is 0 Å². The fourth-order valence-electron chi connectivity index (χ4n) is 2.87. The van der Waals surface area contributed by atoms with Crippen LogP contribution in [0.25, 0.3) is 0 Å². The molecule has 0 amide bonds. The van der Waals surface area contributed by atoms with Gasteiger partial charge < -0.3 is 10.1 Å². The molecule has 0 radical (unpaired) electrons. The van der Waals surface area contributed by atoms with Crippen LogP contribution in [0.4, 0.5) is 0 Å². The topological polar surface area (TPSA) is 21.3 Å². The second-order valence-electron chi connectivity index (χ2n) is 4.68. The standard InChI is InChI=1S/C14H25NO/c1-4-6-10-13(15-5-2)14(16-3)11-8-7-9-12-14/h1,13,15H,5-12H2,2-3H3. The van der Waals surface area contributed by atoms with Gasteiger partial charge in [-0.25, -0.2) is 0 Å². The average molecular weight is 223 g/mol. The van der Waals surface area contributed by atoms with Gasteiger partial charge in [-0.15, -0.1) is 12.3 Å². The first-order valence-electron chi connectivity index (χ1n) is 6.51. The Kier molecular flexibility index (Phi) is 5.87. The molecule has 1 N–H and O–H groups in total. The number of nitrogens with one attached hydrogen (secondary N) is 1. The molecule has 0 aromatic heterocycles. The third-order valence-electron chi connectivity index (χ3n) is 3.77. The lowest BCUT2D eigenvalue weighted by atomic mass is 9.77. The highest BCUT2D eigenvalue weighted by atomic mass is 16.5. The van der Waals surface area contributed by atoms with Gasteiger partial charge in [-0.1, -0.05) is 26.2 Å². The van der Waals surface area contributed by atoms with Crippen molar-refractivity contribution in [3.63, 3.8) is 0 Å². The molecule has 1 rings (SSSR count). The summed E-state index contributed by atoms with van der Waals surface area (Å²) in [5, 5.41) is 3.56. The van der Waals surface area contributed by atoms with Crippen LogP contribution in [0, 0.1) is 12.3 Å². The van der Waals surface area contributed by atoms with Gasteiger partial charge in [-0.2, -0.15) is 0 Å². The first-order chi connectivity index (χ1) is 7.79. The molecule has 2 nitrogen and oxygen atoms in total. The van der Waals surface area contributed by atoms with Gasteiger partial charge in [-0.3, -0.25) is 0 Å². The van der Waals surface area contributed by atoms with Crippen molar-refractivity contribution >= 4 is 0 Å². The van der Waals surface area contributed by atoms with Gasteiger partial charge >= 0.3 is 0 Å². The fraction of sp³-hybridized carbons (Fsp3) is 0.857. The minimum Gasteiger partial charge on any atom is -0.377 e. The molecule has 2 heteroatoms. The summed E-state index contributed by atoms with van der Waals surface area (Å²) in [6.07, 6.45) is 13.5. The van der Waals surface area contributed by atoms with Crippen LogP contribution < -0.4 is 5.32 Å². The number of terminal acetylenes is 1. The Morgan fingerprint density at radius 2 is 2.06 bits per heavy atom. The first-order valence-corrected chi connectivity index (χ1v) is 6.51. The minimum absolute atomic E-state index is 0.0328. The van der Waals surface area contributed by atoms with Crippen molar-refractivity contribution in [3.8, 4) is 12.3 Å². The molecule has 1 fully saturated rings. The van der Waals surface area contributed by atoms with E-state index in [1.807, 2.05) is 7.11 Å². The maximum atomic E-state index is 5.86. The zero-order valence-corrected chi connectivity index (χ0v) is 10.7. The van der Waals surface area contributed by atoms with Crippen LogP contribution in [0.2, 0.25) is 0 Å². The van der Waals surface area contributed by atoms with Crippen molar-refractivity contribution in [1.29, 1.82) is 0 Å². The SMILES string of the molecule is C#CCCC(NCC)C1(OC)CCCCC1. The molecule has 0 aliphatic heterocycles. The Morgan fingerprint density at radius 3 is 2.56 bits per heavy atom. The lowest BCUT2D eigenvalue weighted by Crippen LogP contribution is -2.53. The zero-order chi connectivity index (χ0) is 11.9. The van der Waals surface area contributed by atoms with Crippen molar-refractivity contribution in [3.05, 3.63) is 0 Å². The van der Waals surface area contributed by atoms with E-state index < -0.39 is 0 Å².